The maximum atomic E-state index is 11.9. The molecular formula is C17H15N3O3S2. The van der Waals surface area contributed by atoms with Gasteiger partial charge in [0.1, 0.15) is 6.10 Å². The summed E-state index contributed by atoms with van der Waals surface area (Å²) in [6, 6.07) is 10.7. The number of aliphatic hydroxyl groups is 1. The zero-order valence-electron chi connectivity index (χ0n) is 13.0. The van der Waals surface area contributed by atoms with Gasteiger partial charge in [-0.15, -0.1) is 22.7 Å². The highest BCUT2D eigenvalue weighted by atomic mass is 32.1. The molecule has 3 aromatic rings. The lowest BCUT2D eigenvalue weighted by Crippen LogP contribution is -2.34. The first-order chi connectivity index (χ1) is 12.1. The second-order valence-corrected chi connectivity index (χ2v) is 7.28. The molecule has 25 heavy (non-hydrogen) atoms. The predicted molar refractivity (Wildman–Crippen MR) is 97.4 cm³/mol. The van der Waals surface area contributed by atoms with Crippen molar-refractivity contribution in [2.45, 2.75) is 12.6 Å². The molecule has 3 rings (SSSR count). The van der Waals surface area contributed by atoms with Crippen LogP contribution in [0.3, 0.4) is 0 Å². The van der Waals surface area contributed by atoms with Crippen molar-refractivity contribution in [2.24, 2.45) is 0 Å². The minimum atomic E-state index is -0.747. The summed E-state index contributed by atoms with van der Waals surface area (Å²) in [6.07, 6.45) is 2.38. The fourth-order valence-corrected chi connectivity index (χ4v) is 3.86. The number of aliphatic hydroxyl groups excluding tert-OH is 1. The number of aromatic nitrogens is 1. The van der Waals surface area contributed by atoms with Gasteiger partial charge in [0.15, 0.2) is 0 Å². The summed E-state index contributed by atoms with van der Waals surface area (Å²) in [4.78, 5) is 30.1. The van der Waals surface area contributed by atoms with E-state index in [0.29, 0.717) is 5.69 Å². The number of carbonyl (C=O) groups is 2. The SMILES string of the molecule is O=C(NCc1ccc([C@@H](O)c2cccs2)s1)C(=O)Nc1cccnc1. The highest BCUT2D eigenvalue weighted by molar-refractivity contribution is 7.12. The van der Waals surface area contributed by atoms with Crippen molar-refractivity contribution in [3.05, 3.63) is 68.8 Å². The van der Waals surface area contributed by atoms with Crippen LogP contribution in [0, 0.1) is 0 Å². The lowest BCUT2D eigenvalue weighted by molar-refractivity contribution is -0.136. The standard InChI is InChI=1S/C17H15N3O3S2/c21-15(13-4-2-8-24-13)14-6-5-12(25-14)10-19-16(22)17(23)20-11-3-1-7-18-9-11/h1-9,15,21H,10H2,(H,19,22)(H,20,23)/t15-/m0/s1. The Hall–Kier alpha value is -2.55. The van der Waals surface area contributed by atoms with Gasteiger partial charge < -0.3 is 15.7 Å². The van der Waals surface area contributed by atoms with Crippen LogP contribution in [0.1, 0.15) is 20.7 Å². The van der Waals surface area contributed by atoms with Crippen molar-refractivity contribution in [1.29, 1.82) is 0 Å². The third-order valence-corrected chi connectivity index (χ3v) is 5.38. The molecule has 0 saturated heterocycles. The molecule has 2 amide bonds. The summed E-state index contributed by atoms with van der Waals surface area (Å²) in [5.74, 6) is -1.47. The minimum Gasteiger partial charge on any atom is -0.382 e. The van der Waals surface area contributed by atoms with E-state index in [9.17, 15) is 14.7 Å². The Kier molecular flexibility index (Phi) is 5.54. The molecule has 3 aromatic heterocycles. The van der Waals surface area contributed by atoms with Crippen molar-refractivity contribution in [3.63, 3.8) is 0 Å². The van der Waals surface area contributed by atoms with E-state index in [4.69, 9.17) is 0 Å². The monoisotopic (exact) mass is 373 g/mol. The topological polar surface area (TPSA) is 91.3 Å². The van der Waals surface area contributed by atoms with Crippen molar-refractivity contribution >= 4 is 40.2 Å². The fraction of sp³-hybridized carbons (Fsp3) is 0.118. The van der Waals surface area contributed by atoms with Crippen LogP contribution in [0.25, 0.3) is 0 Å². The molecule has 0 saturated carbocycles. The molecule has 3 N–H and O–H groups in total. The van der Waals surface area contributed by atoms with E-state index >= 15 is 0 Å². The van der Waals surface area contributed by atoms with Crippen molar-refractivity contribution in [1.82, 2.24) is 10.3 Å². The zero-order valence-corrected chi connectivity index (χ0v) is 14.6. The molecule has 0 aliphatic heterocycles. The molecule has 0 aliphatic carbocycles. The maximum Gasteiger partial charge on any atom is 0.313 e. The molecule has 1 atom stereocenters. The number of carbonyl (C=O) groups excluding carboxylic acids is 2. The van der Waals surface area contributed by atoms with Crippen molar-refractivity contribution in [3.8, 4) is 0 Å². The molecular weight excluding hydrogens is 358 g/mol. The third kappa shape index (κ3) is 4.50. The first kappa shape index (κ1) is 17.3. The van der Waals surface area contributed by atoms with Gasteiger partial charge in [0.25, 0.3) is 0 Å². The van der Waals surface area contributed by atoms with E-state index < -0.39 is 17.9 Å². The smallest absolute Gasteiger partial charge is 0.313 e. The second kappa shape index (κ2) is 8.02. The van der Waals surface area contributed by atoms with Crippen LogP contribution in [0.4, 0.5) is 5.69 Å². The lowest BCUT2D eigenvalue weighted by Gasteiger charge is -2.06. The summed E-state index contributed by atoms with van der Waals surface area (Å²) in [5, 5.41) is 17.2. The Bertz CT molecular complexity index is 847. The Labute approximate surface area is 152 Å². The molecule has 0 unspecified atom stereocenters. The molecule has 0 aliphatic rings. The van der Waals surface area contributed by atoms with Gasteiger partial charge in [-0.25, -0.2) is 0 Å². The number of thiophene rings is 2. The number of nitrogens with zero attached hydrogens (tertiary/aromatic N) is 1. The van der Waals surface area contributed by atoms with Crippen LogP contribution < -0.4 is 10.6 Å². The number of rotatable bonds is 5. The Balaban J connectivity index is 1.53. The number of hydrogen-bond donors (Lipinski definition) is 3. The minimum absolute atomic E-state index is 0.223. The molecule has 3 heterocycles. The Morgan fingerprint density at radius 1 is 1.12 bits per heavy atom. The first-order valence-corrected chi connectivity index (χ1v) is 9.12. The normalized spacial score (nSPS) is 11.7. The molecule has 0 fully saturated rings. The van der Waals surface area contributed by atoms with Crippen LogP contribution in [-0.2, 0) is 16.1 Å². The summed E-state index contributed by atoms with van der Waals surface area (Å²) in [6.45, 7) is 0.223. The molecule has 0 radical (unpaired) electrons. The lowest BCUT2D eigenvalue weighted by atomic mass is 10.2. The Morgan fingerprint density at radius 3 is 2.72 bits per heavy atom. The zero-order chi connectivity index (χ0) is 17.6. The summed E-state index contributed by atoms with van der Waals surface area (Å²) < 4.78 is 0. The summed E-state index contributed by atoms with van der Waals surface area (Å²) in [5.41, 5.74) is 0.458. The Morgan fingerprint density at radius 2 is 2.00 bits per heavy atom. The van der Waals surface area contributed by atoms with Gasteiger partial charge in [0.2, 0.25) is 0 Å². The maximum absolute atomic E-state index is 11.9. The van der Waals surface area contributed by atoms with E-state index in [2.05, 4.69) is 15.6 Å². The highest BCUT2D eigenvalue weighted by Gasteiger charge is 2.16. The summed E-state index contributed by atoms with van der Waals surface area (Å²) >= 11 is 2.88. The third-order valence-electron chi connectivity index (χ3n) is 3.31. The van der Waals surface area contributed by atoms with Gasteiger partial charge in [-0.1, -0.05) is 6.07 Å². The summed E-state index contributed by atoms with van der Waals surface area (Å²) in [7, 11) is 0. The molecule has 0 spiro atoms. The molecule has 0 bridgehead atoms. The number of anilines is 1. The van der Waals surface area contributed by atoms with Crippen LogP contribution in [0.15, 0.2) is 54.2 Å². The van der Waals surface area contributed by atoms with E-state index in [1.165, 1.54) is 28.9 Å². The molecule has 8 heteroatoms. The number of nitrogens with one attached hydrogen (secondary N) is 2. The number of pyridine rings is 1. The van der Waals surface area contributed by atoms with Gasteiger partial charge in [0, 0.05) is 20.8 Å². The van der Waals surface area contributed by atoms with Crippen molar-refractivity contribution < 1.29 is 14.7 Å². The highest BCUT2D eigenvalue weighted by Crippen LogP contribution is 2.30. The van der Waals surface area contributed by atoms with E-state index in [1.54, 1.807) is 18.3 Å². The molecule has 128 valence electrons. The van der Waals surface area contributed by atoms with Crippen molar-refractivity contribution in [2.75, 3.05) is 5.32 Å². The van der Waals surface area contributed by atoms with Crippen LogP contribution in [-0.4, -0.2) is 21.9 Å². The largest absolute Gasteiger partial charge is 0.382 e. The number of hydrogen-bond acceptors (Lipinski definition) is 6. The van der Waals surface area contributed by atoms with Gasteiger partial charge in [-0.2, -0.15) is 0 Å². The van der Waals surface area contributed by atoms with Gasteiger partial charge in [0.05, 0.1) is 18.4 Å². The van der Waals surface area contributed by atoms with Gasteiger partial charge in [-0.3, -0.25) is 14.6 Å². The van der Waals surface area contributed by atoms with E-state index in [0.717, 1.165) is 14.6 Å². The fourth-order valence-electron chi connectivity index (χ4n) is 2.10. The second-order valence-electron chi connectivity index (χ2n) is 5.10. The van der Waals surface area contributed by atoms with Crippen LogP contribution in [0.5, 0.6) is 0 Å². The molecule has 6 nitrogen and oxygen atoms in total. The first-order valence-electron chi connectivity index (χ1n) is 7.43. The van der Waals surface area contributed by atoms with E-state index in [-0.39, 0.29) is 6.54 Å². The molecule has 0 aromatic carbocycles. The van der Waals surface area contributed by atoms with Gasteiger partial charge >= 0.3 is 11.8 Å². The van der Waals surface area contributed by atoms with Gasteiger partial charge in [-0.05, 0) is 35.7 Å². The predicted octanol–water partition coefficient (Wildman–Crippen LogP) is 2.54. The quantitative estimate of drug-likeness (QED) is 0.600. The van der Waals surface area contributed by atoms with Crippen LogP contribution in [0.2, 0.25) is 0 Å². The number of amides is 2. The van der Waals surface area contributed by atoms with Crippen LogP contribution >= 0.6 is 22.7 Å². The van der Waals surface area contributed by atoms with E-state index in [1.807, 2.05) is 29.6 Å². The average Bonchev–Trinajstić information content (AvgIpc) is 3.32. The average molecular weight is 373 g/mol.